The lowest BCUT2D eigenvalue weighted by molar-refractivity contribution is 0.491. The molecule has 2 rings (SSSR count). The number of hydrogen-bond donors (Lipinski definition) is 1. The molecule has 3 nitrogen and oxygen atoms in total. The minimum Gasteiger partial charge on any atom is -0.345 e. The largest absolute Gasteiger partial charge is 0.345 e. The summed E-state index contributed by atoms with van der Waals surface area (Å²) in [6.07, 6.45) is 3.67. The van der Waals surface area contributed by atoms with Crippen molar-refractivity contribution in [2.45, 2.75) is 52.6 Å². The summed E-state index contributed by atoms with van der Waals surface area (Å²) in [7, 11) is 2.01. The van der Waals surface area contributed by atoms with Gasteiger partial charge >= 0.3 is 0 Å². The zero-order chi connectivity index (χ0) is 13.1. The Bertz CT molecular complexity index is 386. The van der Waals surface area contributed by atoms with Gasteiger partial charge in [0.25, 0.3) is 0 Å². The maximum atomic E-state index is 4.87. The molecule has 1 aliphatic heterocycles. The van der Waals surface area contributed by atoms with Crippen LogP contribution in [0.25, 0.3) is 0 Å². The van der Waals surface area contributed by atoms with Gasteiger partial charge in [-0.25, -0.2) is 4.98 Å². The molecule has 0 aromatic carbocycles. The number of anilines is 1. The summed E-state index contributed by atoms with van der Waals surface area (Å²) >= 11 is 1.88. The fraction of sp³-hybridized carbons (Fsp3) is 0.786. The number of nitrogens with one attached hydrogen (secondary N) is 1. The maximum Gasteiger partial charge on any atom is 0.186 e. The average Bonchev–Trinajstić information content (AvgIpc) is 2.94. The van der Waals surface area contributed by atoms with Crippen LogP contribution >= 0.6 is 11.3 Å². The molecule has 1 atom stereocenters. The number of aromatic nitrogens is 1. The van der Waals surface area contributed by atoms with Gasteiger partial charge in [0.05, 0.1) is 5.69 Å². The van der Waals surface area contributed by atoms with Gasteiger partial charge in [0, 0.05) is 24.0 Å². The second-order valence-electron chi connectivity index (χ2n) is 5.40. The van der Waals surface area contributed by atoms with Gasteiger partial charge in [-0.3, -0.25) is 0 Å². The highest BCUT2D eigenvalue weighted by Gasteiger charge is 2.29. The first-order valence-corrected chi connectivity index (χ1v) is 7.88. The Labute approximate surface area is 115 Å². The molecule has 18 heavy (non-hydrogen) atoms. The van der Waals surface area contributed by atoms with Crippen LogP contribution in [0.15, 0.2) is 0 Å². The Balaban J connectivity index is 2.22. The van der Waals surface area contributed by atoms with Crippen LogP contribution < -0.4 is 10.2 Å². The molecule has 0 saturated carbocycles. The van der Waals surface area contributed by atoms with E-state index in [1.54, 1.807) is 0 Å². The van der Waals surface area contributed by atoms with Gasteiger partial charge in [-0.1, -0.05) is 20.8 Å². The molecule has 102 valence electrons. The number of hydrogen-bond acceptors (Lipinski definition) is 4. The van der Waals surface area contributed by atoms with Gasteiger partial charge in [0.1, 0.15) is 0 Å². The molecule has 1 fully saturated rings. The zero-order valence-electron chi connectivity index (χ0n) is 12.0. The number of aryl methyl sites for hydroxylation is 1. The van der Waals surface area contributed by atoms with Crippen LogP contribution in [0.2, 0.25) is 0 Å². The van der Waals surface area contributed by atoms with E-state index in [-0.39, 0.29) is 0 Å². The van der Waals surface area contributed by atoms with Crippen LogP contribution in [0.1, 0.15) is 44.2 Å². The number of nitrogens with zero attached hydrogens (tertiary/aromatic N) is 2. The third kappa shape index (κ3) is 2.69. The van der Waals surface area contributed by atoms with Gasteiger partial charge in [-0.15, -0.1) is 11.3 Å². The van der Waals surface area contributed by atoms with Crippen LogP contribution in [0.4, 0.5) is 5.13 Å². The molecule has 0 bridgehead atoms. The van der Waals surface area contributed by atoms with Crippen molar-refractivity contribution in [2.24, 2.45) is 5.92 Å². The Hall–Kier alpha value is -0.610. The van der Waals surface area contributed by atoms with E-state index in [9.17, 15) is 0 Å². The molecule has 2 heterocycles. The summed E-state index contributed by atoms with van der Waals surface area (Å²) in [6, 6.07) is 0.684. The standard InChI is InChI=1S/C14H25N3S/c1-5-11-13(9-15-4)18-14(16-11)17-8-6-7-12(17)10(2)3/h10,12,15H,5-9H2,1-4H3. The molecule has 1 N–H and O–H groups in total. The van der Waals surface area contributed by atoms with Crippen LogP contribution in [-0.4, -0.2) is 24.6 Å². The lowest BCUT2D eigenvalue weighted by Gasteiger charge is -2.27. The number of thiazole rings is 1. The fourth-order valence-corrected chi connectivity index (χ4v) is 4.04. The van der Waals surface area contributed by atoms with Crippen molar-refractivity contribution in [3.8, 4) is 0 Å². The Kier molecular flexibility index (Phi) is 4.62. The lowest BCUT2D eigenvalue weighted by atomic mass is 10.0. The zero-order valence-corrected chi connectivity index (χ0v) is 12.8. The predicted molar refractivity (Wildman–Crippen MR) is 79.5 cm³/mol. The van der Waals surface area contributed by atoms with E-state index in [4.69, 9.17) is 4.98 Å². The van der Waals surface area contributed by atoms with E-state index in [1.807, 2.05) is 18.4 Å². The minimum absolute atomic E-state index is 0.684. The minimum atomic E-state index is 0.684. The first-order chi connectivity index (χ1) is 8.67. The van der Waals surface area contributed by atoms with Gasteiger partial charge in [-0.05, 0) is 32.2 Å². The molecule has 4 heteroatoms. The molecule has 1 aromatic heterocycles. The summed E-state index contributed by atoms with van der Waals surface area (Å²) in [5.41, 5.74) is 1.28. The third-order valence-electron chi connectivity index (χ3n) is 3.75. The SMILES string of the molecule is CCc1nc(N2CCCC2C(C)C)sc1CNC. The van der Waals surface area contributed by atoms with Gasteiger partial charge in [0.15, 0.2) is 5.13 Å². The van der Waals surface area contributed by atoms with Gasteiger partial charge in [-0.2, -0.15) is 0 Å². The topological polar surface area (TPSA) is 28.2 Å². The molecule has 1 unspecified atom stereocenters. The summed E-state index contributed by atoms with van der Waals surface area (Å²) in [5, 5.41) is 4.49. The molecule has 0 amide bonds. The molecular weight excluding hydrogens is 242 g/mol. The molecule has 1 aliphatic rings. The first kappa shape index (κ1) is 13.8. The van der Waals surface area contributed by atoms with Crippen molar-refractivity contribution in [2.75, 3.05) is 18.5 Å². The predicted octanol–water partition coefficient (Wildman–Crippen LogP) is 3.05. The van der Waals surface area contributed by atoms with Crippen LogP contribution in [0.5, 0.6) is 0 Å². The fourth-order valence-electron chi connectivity index (χ4n) is 2.79. The molecule has 0 radical (unpaired) electrons. The second-order valence-corrected chi connectivity index (χ2v) is 6.46. The Morgan fingerprint density at radius 1 is 1.50 bits per heavy atom. The highest BCUT2D eigenvalue weighted by Crippen LogP contribution is 2.34. The van der Waals surface area contributed by atoms with Crippen molar-refractivity contribution < 1.29 is 0 Å². The lowest BCUT2D eigenvalue weighted by Crippen LogP contribution is -2.33. The quantitative estimate of drug-likeness (QED) is 0.889. The molecule has 1 saturated heterocycles. The Morgan fingerprint density at radius 2 is 2.28 bits per heavy atom. The van der Waals surface area contributed by atoms with E-state index < -0.39 is 0 Å². The van der Waals surface area contributed by atoms with E-state index >= 15 is 0 Å². The smallest absolute Gasteiger partial charge is 0.186 e. The van der Waals surface area contributed by atoms with E-state index in [1.165, 1.54) is 35.1 Å². The van der Waals surface area contributed by atoms with Gasteiger partial charge < -0.3 is 10.2 Å². The monoisotopic (exact) mass is 267 g/mol. The van der Waals surface area contributed by atoms with Crippen molar-refractivity contribution in [1.29, 1.82) is 0 Å². The van der Waals surface area contributed by atoms with Crippen molar-refractivity contribution in [1.82, 2.24) is 10.3 Å². The van der Waals surface area contributed by atoms with Crippen molar-refractivity contribution in [3.63, 3.8) is 0 Å². The first-order valence-electron chi connectivity index (χ1n) is 7.07. The summed E-state index contributed by atoms with van der Waals surface area (Å²) < 4.78 is 0. The Morgan fingerprint density at radius 3 is 2.89 bits per heavy atom. The van der Waals surface area contributed by atoms with Crippen molar-refractivity contribution >= 4 is 16.5 Å². The molecule has 0 aliphatic carbocycles. The van der Waals surface area contributed by atoms with Crippen molar-refractivity contribution in [3.05, 3.63) is 10.6 Å². The van der Waals surface area contributed by atoms with Gasteiger partial charge in [0.2, 0.25) is 0 Å². The van der Waals surface area contributed by atoms with E-state index in [0.717, 1.165) is 13.0 Å². The maximum absolute atomic E-state index is 4.87. The molecule has 1 aromatic rings. The average molecular weight is 267 g/mol. The summed E-state index contributed by atoms with van der Waals surface area (Å²) in [6.45, 7) is 8.97. The second kappa shape index (κ2) is 6.02. The highest BCUT2D eigenvalue weighted by molar-refractivity contribution is 7.15. The summed E-state index contributed by atoms with van der Waals surface area (Å²) in [4.78, 5) is 8.81. The number of rotatable bonds is 5. The van der Waals surface area contributed by atoms with Crippen LogP contribution in [-0.2, 0) is 13.0 Å². The third-order valence-corrected chi connectivity index (χ3v) is 4.89. The van der Waals surface area contributed by atoms with Crippen LogP contribution in [0.3, 0.4) is 0 Å². The highest BCUT2D eigenvalue weighted by atomic mass is 32.1. The normalized spacial score (nSPS) is 20.1. The summed E-state index contributed by atoms with van der Waals surface area (Å²) in [5.74, 6) is 0.717. The molecular formula is C14H25N3S. The van der Waals surface area contributed by atoms with E-state index in [2.05, 4.69) is 31.0 Å². The van der Waals surface area contributed by atoms with E-state index in [0.29, 0.717) is 12.0 Å². The molecule has 0 spiro atoms. The van der Waals surface area contributed by atoms with Crippen LogP contribution in [0, 0.1) is 5.92 Å².